The first-order chi connectivity index (χ1) is 5.61. The number of carbonyl (C=O) groups excluding carboxylic acids is 1. The minimum atomic E-state index is -5.13. The van der Waals surface area contributed by atoms with Gasteiger partial charge >= 0.3 is 18.1 Å². The summed E-state index contributed by atoms with van der Waals surface area (Å²) in [6.45, 7) is 0.976. The lowest BCUT2D eigenvalue weighted by Gasteiger charge is -2.26. The maximum absolute atomic E-state index is 12.1. The van der Waals surface area contributed by atoms with Crippen molar-refractivity contribution < 1.29 is 32.6 Å². The third-order valence-corrected chi connectivity index (χ3v) is 1.30. The quantitative estimate of drug-likeness (QED) is 0.674. The average Bonchev–Trinajstić information content (AvgIpc) is 1.82. The molecule has 0 heterocycles. The highest BCUT2D eigenvalue weighted by Gasteiger charge is 2.60. The van der Waals surface area contributed by atoms with Crippen LogP contribution in [-0.2, 0) is 14.3 Å². The van der Waals surface area contributed by atoms with Gasteiger partial charge in [-0.05, 0) is 6.92 Å². The van der Waals surface area contributed by atoms with Crippen molar-refractivity contribution in [2.75, 3.05) is 0 Å². The van der Waals surface area contributed by atoms with Crippen molar-refractivity contribution in [2.24, 2.45) is 0 Å². The van der Waals surface area contributed by atoms with Gasteiger partial charge in [0.2, 0.25) is 0 Å². The first-order valence-corrected chi connectivity index (χ1v) is 3.11. The highest BCUT2D eigenvalue weighted by Crippen LogP contribution is 2.33. The van der Waals surface area contributed by atoms with E-state index in [4.69, 9.17) is 5.11 Å². The lowest BCUT2D eigenvalue weighted by molar-refractivity contribution is -0.262. The average molecular weight is 200 g/mol. The van der Waals surface area contributed by atoms with E-state index in [9.17, 15) is 22.8 Å². The maximum atomic E-state index is 12.1. The largest absolute Gasteiger partial charge is 0.478 e. The molecular weight excluding hydrogens is 193 g/mol. The fraction of sp³-hybridized carbons (Fsp3) is 0.667. The van der Waals surface area contributed by atoms with Crippen LogP contribution in [0.25, 0.3) is 0 Å². The van der Waals surface area contributed by atoms with Crippen molar-refractivity contribution in [3.63, 3.8) is 0 Å². The van der Waals surface area contributed by atoms with E-state index < -0.39 is 23.7 Å². The Kier molecular flexibility index (Phi) is 2.92. The van der Waals surface area contributed by atoms with Crippen molar-refractivity contribution in [1.82, 2.24) is 0 Å². The van der Waals surface area contributed by atoms with Crippen molar-refractivity contribution in [3.8, 4) is 0 Å². The minimum absolute atomic E-state index is 0.275. The normalized spacial score (nSPS) is 16.1. The molecular formula is C6H7F3O4. The molecule has 0 saturated heterocycles. The first-order valence-electron chi connectivity index (χ1n) is 3.11. The Hall–Kier alpha value is -1.27. The Morgan fingerprint density at radius 2 is 1.69 bits per heavy atom. The van der Waals surface area contributed by atoms with Crippen LogP contribution in [0.4, 0.5) is 13.2 Å². The predicted octanol–water partition coefficient (Wildman–Crippen LogP) is 0.955. The number of hydrogen-bond donors (Lipinski definition) is 1. The number of carboxylic acids is 1. The van der Waals surface area contributed by atoms with E-state index in [1.807, 2.05) is 0 Å². The van der Waals surface area contributed by atoms with Gasteiger partial charge in [0.05, 0.1) is 0 Å². The first kappa shape index (κ1) is 11.7. The summed E-state index contributed by atoms with van der Waals surface area (Å²) >= 11 is 0. The van der Waals surface area contributed by atoms with Crippen LogP contribution >= 0.6 is 0 Å². The monoisotopic (exact) mass is 200 g/mol. The van der Waals surface area contributed by atoms with E-state index >= 15 is 0 Å². The Balaban J connectivity index is 4.96. The molecule has 0 bridgehead atoms. The molecule has 0 aliphatic rings. The van der Waals surface area contributed by atoms with Crippen LogP contribution in [0.1, 0.15) is 13.8 Å². The molecule has 0 saturated carbocycles. The van der Waals surface area contributed by atoms with Crippen LogP contribution in [-0.4, -0.2) is 28.8 Å². The summed E-state index contributed by atoms with van der Waals surface area (Å²) in [6.07, 6.45) is -5.13. The number of esters is 1. The SMILES string of the molecule is CC(=O)OC(C)(C(=O)O)C(F)(F)F. The number of aliphatic carboxylic acids is 1. The highest BCUT2D eigenvalue weighted by molar-refractivity contribution is 5.81. The number of halogens is 3. The second-order valence-corrected chi connectivity index (χ2v) is 2.43. The van der Waals surface area contributed by atoms with Crippen LogP contribution in [0, 0.1) is 0 Å². The molecule has 0 aliphatic heterocycles. The summed E-state index contributed by atoms with van der Waals surface area (Å²) < 4.78 is 39.9. The minimum Gasteiger partial charge on any atom is -0.478 e. The van der Waals surface area contributed by atoms with E-state index in [1.54, 1.807) is 0 Å². The van der Waals surface area contributed by atoms with E-state index in [0.29, 0.717) is 6.92 Å². The lowest BCUT2D eigenvalue weighted by atomic mass is 10.1. The van der Waals surface area contributed by atoms with Gasteiger partial charge in [0, 0.05) is 6.92 Å². The van der Waals surface area contributed by atoms with Crippen LogP contribution in [0.15, 0.2) is 0 Å². The fourth-order valence-electron chi connectivity index (χ4n) is 0.510. The summed E-state index contributed by atoms with van der Waals surface area (Å²) in [5.74, 6) is -3.56. The molecule has 4 nitrogen and oxygen atoms in total. The van der Waals surface area contributed by atoms with Gasteiger partial charge < -0.3 is 9.84 Å². The maximum Gasteiger partial charge on any atom is 0.439 e. The van der Waals surface area contributed by atoms with Gasteiger partial charge in [0.15, 0.2) is 0 Å². The zero-order valence-electron chi connectivity index (χ0n) is 6.81. The summed E-state index contributed by atoms with van der Waals surface area (Å²) in [6, 6.07) is 0. The van der Waals surface area contributed by atoms with Crippen molar-refractivity contribution in [1.29, 1.82) is 0 Å². The van der Waals surface area contributed by atoms with Gasteiger partial charge in [-0.1, -0.05) is 0 Å². The van der Waals surface area contributed by atoms with Gasteiger partial charge in [-0.3, -0.25) is 4.79 Å². The molecule has 0 aromatic carbocycles. The van der Waals surface area contributed by atoms with Crippen LogP contribution in [0.2, 0.25) is 0 Å². The second kappa shape index (κ2) is 3.23. The molecule has 0 aliphatic carbocycles. The van der Waals surface area contributed by atoms with E-state index in [-0.39, 0.29) is 6.92 Å². The van der Waals surface area contributed by atoms with Crippen molar-refractivity contribution in [2.45, 2.75) is 25.6 Å². The molecule has 7 heteroatoms. The molecule has 0 amide bonds. The van der Waals surface area contributed by atoms with E-state index in [2.05, 4.69) is 4.74 Å². The number of carboxylic acid groups (broad SMARTS) is 1. The van der Waals surface area contributed by atoms with Gasteiger partial charge in [0.25, 0.3) is 5.60 Å². The number of hydrogen-bond acceptors (Lipinski definition) is 3. The molecule has 76 valence electrons. The third kappa shape index (κ3) is 2.33. The molecule has 1 atom stereocenters. The summed E-state index contributed by atoms with van der Waals surface area (Å²) in [5.41, 5.74) is -3.47. The van der Waals surface area contributed by atoms with Crippen LogP contribution in [0.3, 0.4) is 0 Å². The topological polar surface area (TPSA) is 63.6 Å². The zero-order valence-corrected chi connectivity index (χ0v) is 6.81. The number of rotatable bonds is 2. The number of alkyl halides is 3. The molecule has 1 unspecified atom stereocenters. The molecule has 0 rings (SSSR count). The molecule has 0 aromatic rings. The van der Waals surface area contributed by atoms with Gasteiger partial charge in [-0.15, -0.1) is 0 Å². The summed E-state index contributed by atoms with van der Waals surface area (Å²) in [4.78, 5) is 20.4. The number of ether oxygens (including phenoxy) is 1. The predicted molar refractivity (Wildman–Crippen MR) is 33.9 cm³/mol. The Morgan fingerprint density at radius 1 is 1.31 bits per heavy atom. The molecule has 0 aromatic heterocycles. The fourth-order valence-corrected chi connectivity index (χ4v) is 0.510. The van der Waals surface area contributed by atoms with Gasteiger partial charge in [-0.25, -0.2) is 4.79 Å². The lowest BCUT2D eigenvalue weighted by Crippen LogP contribution is -2.52. The molecule has 0 spiro atoms. The Morgan fingerprint density at radius 3 is 1.77 bits per heavy atom. The van der Waals surface area contributed by atoms with E-state index in [1.165, 1.54) is 0 Å². The summed E-state index contributed by atoms with van der Waals surface area (Å²) in [5, 5.41) is 8.22. The van der Waals surface area contributed by atoms with Crippen LogP contribution < -0.4 is 0 Å². The standard InChI is InChI=1S/C6H7F3O4/c1-3(10)13-5(2,4(11)12)6(7,8)9/h1-2H3,(H,11,12). The molecule has 0 radical (unpaired) electrons. The zero-order chi connectivity index (χ0) is 10.9. The Labute approximate surface area is 71.3 Å². The second-order valence-electron chi connectivity index (χ2n) is 2.43. The van der Waals surface area contributed by atoms with Gasteiger partial charge in [0.1, 0.15) is 0 Å². The summed E-state index contributed by atoms with van der Waals surface area (Å²) in [7, 11) is 0. The number of carbonyl (C=O) groups is 2. The Bertz CT molecular complexity index is 235. The van der Waals surface area contributed by atoms with E-state index in [0.717, 1.165) is 0 Å². The smallest absolute Gasteiger partial charge is 0.439 e. The van der Waals surface area contributed by atoms with Crippen LogP contribution in [0.5, 0.6) is 0 Å². The molecule has 0 fully saturated rings. The molecule has 1 N–H and O–H groups in total. The highest BCUT2D eigenvalue weighted by atomic mass is 19.4. The third-order valence-electron chi connectivity index (χ3n) is 1.30. The van der Waals surface area contributed by atoms with Gasteiger partial charge in [-0.2, -0.15) is 13.2 Å². The van der Waals surface area contributed by atoms with Crippen molar-refractivity contribution >= 4 is 11.9 Å². The van der Waals surface area contributed by atoms with Crippen molar-refractivity contribution in [3.05, 3.63) is 0 Å². The molecule has 13 heavy (non-hydrogen) atoms.